The Morgan fingerprint density at radius 3 is 2.79 bits per heavy atom. The van der Waals surface area contributed by atoms with Crippen LogP contribution in [0, 0.1) is 0 Å². The van der Waals surface area contributed by atoms with Crippen LogP contribution in [0.25, 0.3) is 0 Å². The topological polar surface area (TPSA) is 70.0 Å². The normalized spacial score (nSPS) is 10.1. The summed E-state index contributed by atoms with van der Waals surface area (Å²) in [6.07, 6.45) is 1.11. The molecule has 5 nitrogen and oxygen atoms in total. The lowest BCUT2D eigenvalue weighted by Gasteiger charge is -2.16. The molecular formula is C13H20BNO4. The van der Waals surface area contributed by atoms with Crippen LogP contribution in [0.5, 0.6) is 0 Å². The fourth-order valence-electron chi connectivity index (χ4n) is 1.60. The molecule has 6 heteroatoms. The Labute approximate surface area is 114 Å². The molecule has 0 aromatic heterocycles. The lowest BCUT2D eigenvalue weighted by Crippen LogP contribution is -2.31. The summed E-state index contributed by atoms with van der Waals surface area (Å²) in [5.74, 6) is 0. The molecule has 0 heterocycles. The first-order valence-corrected chi connectivity index (χ1v) is 6.37. The van der Waals surface area contributed by atoms with Crippen molar-refractivity contribution in [2.75, 3.05) is 20.2 Å². The smallest absolute Gasteiger partial charge is 0.449 e. The van der Waals surface area contributed by atoms with E-state index in [0.717, 1.165) is 12.0 Å². The number of hydrogen-bond donors (Lipinski definition) is 2. The second-order valence-corrected chi connectivity index (χ2v) is 4.40. The Hall–Kier alpha value is -1.53. The van der Waals surface area contributed by atoms with Crippen LogP contribution in [0.2, 0.25) is 0 Å². The molecule has 19 heavy (non-hydrogen) atoms. The summed E-state index contributed by atoms with van der Waals surface area (Å²) in [5.41, 5.74) is 1.40. The minimum atomic E-state index is -1.47. The summed E-state index contributed by atoms with van der Waals surface area (Å²) >= 11 is 0. The second-order valence-electron chi connectivity index (χ2n) is 4.40. The first kappa shape index (κ1) is 15.5. The maximum atomic E-state index is 11.5. The first-order chi connectivity index (χ1) is 9.04. The molecule has 0 spiro atoms. The van der Waals surface area contributed by atoms with Gasteiger partial charge in [-0.25, -0.2) is 4.79 Å². The molecule has 0 radical (unpaired) electrons. The fraction of sp³-hybridized carbons (Fsp3) is 0.462. The summed E-state index contributed by atoms with van der Waals surface area (Å²) in [6, 6.07) is 7.01. The van der Waals surface area contributed by atoms with Crippen LogP contribution in [0.1, 0.15) is 18.9 Å². The van der Waals surface area contributed by atoms with Gasteiger partial charge in [-0.1, -0.05) is 31.2 Å². The van der Waals surface area contributed by atoms with Gasteiger partial charge in [0.05, 0.1) is 6.61 Å². The minimum absolute atomic E-state index is 0.333. The van der Waals surface area contributed by atoms with Crippen molar-refractivity contribution in [2.24, 2.45) is 0 Å². The van der Waals surface area contributed by atoms with E-state index >= 15 is 0 Å². The minimum Gasteiger partial charge on any atom is -0.449 e. The van der Waals surface area contributed by atoms with E-state index in [1.807, 2.05) is 13.0 Å². The van der Waals surface area contributed by atoms with E-state index in [2.05, 4.69) is 0 Å². The van der Waals surface area contributed by atoms with E-state index in [9.17, 15) is 4.79 Å². The van der Waals surface area contributed by atoms with Gasteiger partial charge < -0.3 is 19.7 Å². The van der Waals surface area contributed by atoms with E-state index in [1.165, 1.54) is 4.90 Å². The molecule has 0 aliphatic carbocycles. The van der Waals surface area contributed by atoms with Crippen LogP contribution in [-0.4, -0.2) is 48.4 Å². The Balaban J connectivity index is 2.47. The van der Waals surface area contributed by atoms with Crippen LogP contribution >= 0.6 is 0 Å². The third-order valence-corrected chi connectivity index (χ3v) is 2.73. The van der Waals surface area contributed by atoms with Crippen molar-refractivity contribution in [3.63, 3.8) is 0 Å². The summed E-state index contributed by atoms with van der Waals surface area (Å²) in [6.45, 7) is 2.89. The van der Waals surface area contributed by atoms with Crippen molar-refractivity contribution in [1.82, 2.24) is 4.90 Å². The highest BCUT2D eigenvalue weighted by Gasteiger charge is 2.12. The summed E-state index contributed by atoms with van der Waals surface area (Å²) in [7, 11) is 0.218. The molecule has 104 valence electrons. The molecule has 0 atom stereocenters. The summed E-state index contributed by atoms with van der Waals surface area (Å²) < 4.78 is 5.01. The monoisotopic (exact) mass is 265 g/mol. The Morgan fingerprint density at radius 1 is 1.42 bits per heavy atom. The van der Waals surface area contributed by atoms with Crippen molar-refractivity contribution in [3.8, 4) is 0 Å². The van der Waals surface area contributed by atoms with Gasteiger partial charge in [0, 0.05) is 13.6 Å². The van der Waals surface area contributed by atoms with Crippen LogP contribution in [0.15, 0.2) is 24.3 Å². The van der Waals surface area contributed by atoms with E-state index in [1.54, 1.807) is 25.2 Å². The van der Waals surface area contributed by atoms with Gasteiger partial charge in [0.1, 0.15) is 0 Å². The molecule has 0 aliphatic rings. The number of hydrogen-bond acceptors (Lipinski definition) is 4. The first-order valence-electron chi connectivity index (χ1n) is 6.37. The maximum Gasteiger partial charge on any atom is 0.488 e. The van der Waals surface area contributed by atoms with E-state index in [4.69, 9.17) is 14.8 Å². The van der Waals surface area contributed by atoms with Crippen molar-refractivity contribution in [3.05, 3.63) is 29.8 Å². The molecule has 0 saturated carbocycles. The number of rotatable bonds is 6. The SMILES string of the molecule is CCCOC(=O)N(C)CCc1cccc(B(O)O)c1. The Kier molecular flexibility index (Phi) is 6.39. The van der Waals surface area contributed by atoms with Gasteiger partial charge in [0.15, 0.2) is 0 Å². The molecule has 0 saturated heterocycles. The number of carbonyl (C=O) groups is 1. The molecular weight excluding hydrogens is 245 g/mol. The van der Waals surface area contributed by atoms with E-state index in [-0.39, 0.29) is 6.09 Å². The number of ether oxygens (including phenoxy) is 1. The lowest BCUT2D eigenvalue weighted by molar-refractivity contribution is 0.111. The van der Waals surface area contributed by atoms with Crippen LogP contribution in [0.4, 0.5) is 4.79 Å². The van der Waals surface area contributed by atoms with Crippen LogP contribution in [0.3, 0.4) is 0 Å². The van der Waals surface area contributed by atoms with Crippen molar-refractivity contribution in [1.29, 1.82) is 0 Å². The quantitative estimate of drug-likeness (QED) is 0.730. The number of nitrogens with zero attached hydrogens (tertiary/aromatic N) is 1. The molecule has 1 rings (SSSR count). The number of amides is 1. The summed E-state index contributed by atoms with van der Waals surface area (Å²) in [4.78, 5) is 13.0. The molecule has 2 N–H and O–H groups in total. The standard InChI is InChI=1S/C13H20BNO4/c1-3-9-19-13(16)15(2)8-7-11-5-4-6-12(10-11)14(17)18/h4-6,10,17-18H,3,7-9H2,1-2H3. The van der Waals surface area contributed by atoms with Gasteiger partial charge in [-0.05, 0) is 23.9 Å². The molecule has 0 fully saturated rings. The average molecular weight is 265 g/mol. The van der Waals surface area contributed by atoms with Crippen molar-refractivity contribution >= 4 is 18.7 Å². The second kappa shape index (κ2) is 7.81. The fourth-order valence-corrected chi connectivity index (χ4v) is 1.60. The third kappa shape index (κ3) is 5.32. The number of benzene rings is 1. The van der Waals surface area contributed by atoms with Crippen molar-refractivity contribution < 1.29 is 19.6 Å². The highest BCUT2D eigenvalue weighted by Crippen LogP contribution is 2.01. The van der Waals surface area contributed by atoms with Gasteiger partial charge >= 0.3 is 13.2 Å². The molecule has 0 bridgehead atoms. The third-order valence-electron chi connectivity index (χ3n) is 2.73. The molecule has 1 aromatic carbocycles. The van der Waals surface area contributed by atoms with E-state index in [0.29, 0.717) is 25.0 Å². The Morgan fingerprint density at radius 2 is 2.16 bits per heavy atom. The zero-order valence-corrected chi connectivity index (χ0v) is 11.4. The maximum absolute atomic E-state index is 11.5. The van der Waals surface area contributed by atoms with Gasteiger partial charge in [0.2, 0.25) is 0 Å². The van der Waals surface area contributed by atoms with Gasteiger partial charge in [-0.15, -0.1) is 0 Å². The number of carbonyl (C=O) groups excluding carboxylic acids is 1. The summed E-state index contributed by atoms with van der Waals surface area (Å²) in [5, 5.41) is 18.2. The molecule has 1 aromatic rings. The van der Waals surface area contributed by atoms with Crippen molar-refractivity contribution in [2.45, 2.75) is 19.8 Å². The lowest BCUT2D eigenvalue weighted by atomic mass is 9.79. The zero-order chi connectivity index (χ0) is 14.3. The van der Waals surface area contributed by atoms with Crippen LogP contribution in [-0.2, 0) is 11.2 Å². The van der Waals surface area contributed by atoms with Gasteiger partial charge in [0.25, 0.3) is 0 Å². The van der Waals surface area contributed by atoms with Crippen LogP contribution < -0.4 is 5.46 Å². The largest absolute Gasteiger partial charge is 0.488 e. The molecule has 0 aliphatic heterocycles. The highest BCUT2D eigenvalue weighted by molar-refractivity contribution is 6.58. The molecule has 1 amide bonds. The predicted octanol–water partition coefficient (Wildman–Crippen LogP) is 0.387. The predicted molar refractivity (Wildman–Crippen MR) is 74.2 cm³/mol. The highest BCUT2D eigenvalue weighted by atomic mass is 16.6. The Bertz CT molecular complexity index is 411. The molecule has 0 unspecified atom stereocenters. The van der Waals surface area contributed by atoms with Gasteiger partial charge in [-0.2, -0.15) is 0 Å². The average Bonchev–Trinajstić information content (AvgIpc) is 2.42. The number of likely N-dealkylation sites (N-methyl/N-ethyl adjacent to an activating group) is 1. The van der Waals surface area contributed by atoms with Gasteiger partial charge in [-0.3, -0.25) is 0 Å². The zero-order valence-electron chi connectivity index (χ0n) is 11.4. The van der Waals surface area contributed by atoms with E-state index < -0.39 is 7.12 Å².